The molecule has 4 nitrogen and oxygen atoms in total. The number of pyridine rings is 1. The zero-order valence-electron chi connectivity index (χ0n) is 6.62. The van der Waals surface area contributed by atoms with Gasteiger partial charge in [-0.3, -0.25) is 9.78 Å². The van der Waals surface area contributed by atoms with Gasteiger partial charge in [-0.25, -0.2) is 0 Å². The minimum atomic E-state index is -0.299. The maximum Gasteiger partial charge on any atom is 0.238 e. The van der Waals surface area contributed by atoms with Crippen molar-refractivity contribution in [3.05, 3.63) is 22.0 Å². The van der Waals surface area contributed by atoms with E-state index in [0.717, 1.165) is 3.57 Å². The molecule has 1 heterocycles. The number of nitrogens with zero attached hydrogens (tertiary/aromatic N) is 2. The summed E-state index contributed by atoms with van der Waals surface area (Å²) in [7, 11) is 0. The lowest BCUT2D eigenvalue weighted by molar-refractivity contribution is -0.115. The Labute approximate surface area is 89.1 Å². The van der Waals surface area contributed by atoms with E-state index >= 15 is 0 Å². The van der Waals surface area contributed by atoms with Crippen molar-refractivity contribution in [1.82, 2.24) is 4.98 Å². The van der Waals surface area contributed by atoms with Gasteiger partial charge in [-0.05, 0) is 28.7 Å². The highest BCUT2D eigenvalue weighted by Gasteiger charge is 2.03. The van der Waals surface area contributed by atoms with Crippen molar-refractivity contribution in [2.45, 2.75) is 6.42 Å². The third kappa shape index (κ3) is 2.99. The second-order valence-corrected chi connectivity index (χ2v) is 3.40. The van der Waals surface area contributed by atoms with Gasteiger partial charge < -0.3 is 5.32 Å². The first-order chi connectivity index (χ1) is 6.24. The topological polar surface area (TPSA) is 65.8 Å². The maximum absolute atomic E-state index is 11.0. The largest absolute Gasteiger partial charge is 0.324 e. The fourth-order valence-corrected chi connectivity index (χ4v) is 1.22. The van der Waals surface area contributed by atoms with E-state index in [2.05, 4.69) is 32.9 Å². The van der Waals surface area contributed by atoms with Crippen molar-refractivity contribution >= 4 is 34.2 Å². The van der Waals surface area contributed by atoms with Gasteiger partial charge in [0.2, 0.25) is 5.91 Å². The fraction of sp³-hybridized carbons (Fsp3) is 0.125. The molecule has 0 fully saturated rings. The van der Waals surface area contributed by atoms with Crippen molar-refractivity contribution < 1.29 is 4.79 Å². The Hall–Kier alpha value is -1.16. The molecule has 0 radical (unpaired) electrons. The molecule has 13 heavy (non-hydrogen) atoms. The molecule has 5 heteroatoms. The van der Waals surface area contributed by atoms with E-state index in [1.807, 2.05) is 0 Å². The first-order valence-corrected chi connectivity index (χ1v) is 4.58. The van der Waals surface area contributed by atoms with E-state index in [0.29, 0.717) is 5.69 Å². The summed E-state index contributed by atoms with van der Waals surface area (Å²) in [6.07, 6.45) is 3.10. The van der Waals surface area contributed by atoms with Gasteiger partial charge in [-0.2, -0.15) is 5.26 Å². The van der Waals surface area contributed by atoms with Crippen LogP contribution in [-0.4, -0.2) is 10.9 Å². The van der Waals surface area contributed by atoms with E-state index in [1.165, 1.54) is 0 Å². The average Bonchev–Trinajstić information content (AvgIpc) is 2.09. The highest BCUT2D eigenvalue weighted by atomic mass is 127. The van der Waals surface area contributed by atoms with Crippen molar-refractivity contribution in [2.24, 2.45) is 0 Å². The van der Waals surface area contributed by atoms with Crippen LogP contribution in [0.4, 0.5) is 5.69 Å². The molecular formula is C8H6IN3O. The van der Waals surface area contributed by atoms with Crippen molar-refractivity contribution in [1.29, 1.82) is 5.26 Å². The number of rotatable bonds is 2. The predicted molar refractivity (Wildman–Crippen MR) is 55.8 cm³/mol. The highest BCUT2D eigenvalue weighted by molar-refractivity contribution is 14.1. The Bertz CT molecular complexity index is 359. The molecule has 1 N–H and O–H groups in total. The second kappa shape index (κ2) is 4.77. The molecule has 0 aliphatic carbocycles. The number of carbonyl (C=O) groups is 1. The zero-order chi connectivity index (χ0) is 9.68. The van der Waals surface area contributed by atoms with E-state index in [1.54, 1.807) is 24.5 Å². The molecule has 0 atom stereocenters. The van der Waals surface area contributed by atoms with Crippen LogP contribution in [0.2, 0.25) is 0 Å². The van der Waals surface area contributed by atoms with Crippen LogP contribution in [0, 0.1) is 14.9 Å². The summed E-state index contributed by atoms with van der Waals surface area (Å²) in [5.41, 5.74) is 0.691. The third-order valence-electron chi connectivity index (χ3n) is 1.29. The summed E-state index contributed by atoms with van der Waals surface area (Å²) in [5.74, 6) is -0.299. The number of nitrogens with one attached hydrogen (secondary N) is 1. The van der Waals surface area contributed by atoms with Crippen molar-refractivity contribution in [3.8, 4) is 6.07 Å². The van der Waals surface area contributed by atoms with E-state index in [-0.39, 0.29) is 12.3 Å². The number of anilines is 1. The van der Waals surface area contributed by atoms with Crippen molar-refractivity contribution in [2.75, 3.05) is 5.32 Å². The minimum absolute atomic E-state index is 0.127. The molecule has 0 aromatic carbocycles. The monoisotopic (exact) mass is 287 g/mol. The molecule has 1 amide bonds. The molecule has 0 bridgehead atoms. The van der Waals surface area contributed by atoms with E-state index in [9.17, 15) is 4.79 Å². The number of aromatic nitrogens is 1. The Kier molecular flexibility index (Phi) is 3.64. The lowest BCUT2D eigenvalue weighted by atomic mass is 10.3. The predicted octanol–water partition coefficient (Wildman–Crippen LogP) is 1.54. The number of hydrogen-bond acceptors (Lipinski definition) is 3. The molecule has 1 aromatic heterocycles. The van der Waals surface area contributed by atoms with Crippen molar-refractivity contribution in [3.63, 3.8) is 0 Å². The van der Waals surface area contributed by atoms with Crippen LogP contribution in [0.3, 0.4) is 0 Å². The van der Waals surface area contributed by atoms with Gasteiger partial charge in [0, 0.05) is 12.4 Å². The Balaban J connectivity index is 2.70. The van der Waals surface area contributed by atoms with Gasteiger partial charge in [0.1, 0.15) is 6.42 Å². The summed E-state index contributed by atoms with van der Waals surface area (Å²) >= 11 is 2.06. The quantitative estimate of drug-likeness (QED) is 0.839. The van der Waals surface area contributed by atoms with Gasteiger partial charge in [0.25, 0.3) is 0 Å². The van der Waals surface area contributed by atoms with Crippen LogP contribution < -0.4 is 5.32 Å². The minimum Gasteiger partial charge on any atom is -0.324 e. The van der Waals surface area contributed by atoms with Gasteiger partial charge >= 0.3 is 0 Å². The zero-order valence-corrected chi connectivity index (χ0v) is 8.78. The third-order valence-corrected chi connectivity index (χ3v) is 2.15. The molecule has 0 aliphatic heterocycles. The van der Waals surface area contributed by atoms with Crippen LogP contribution in [-0.2, 0) is 4.79 Å². The molecule has 0 saturated heterocycles. The normalized spacial score (nSPS) is 8.92. The Morgan fingerprint density at radius 2 is 2.54 bits per heavy atom. The number of nitriles is 1. The van der Waals surface area contributed by atoms with Crippen LogP contribution in [0.5, 0.6) is 0 Å². The molecule has 0 spiro atoms. The second-order valence-electron chi connectivity index (χ2n) is 2.24. The van der Waals surface area contributed by atoms with Gasteiger partial charge in [0.15, 0.2) is 0 Å². The van der Waals surface area contributed by atoms with Gasteiger partial charge in [-0.15, -0.1) is 0 Å². The maximum atomic E-state index is 11.0. The Morgan fingerprint density at radius 1 is 1.77 bits per heavy atom. The highest BCUT2D eigenvalue weighted by Crippen LogP contribution is 2.15. The lowest BCUT2D eigenvalue weighted by Gasteiger charge is -2.03. The van der Waals surface area contributed by atoms with Crippen LogP contribution in [0.1, 0.15) is 6.42 Å². The summed E-state index contributed by atoms with van der Waals surface area (Å²) in [6.45, 7) is 0. The summed E-state index contributed by atoms with van der Waals surface area (Å²) in [6, 6.07) is 3.47. The number of amides is 1. The summed E-state index contributed by atoms with van der Waals surface area (Å²) in [5, 5.41) is 10.9. The van der Waals surface area contributed by atoms with Gasteiger partial charge in [0.05, 0.1) is 15.3 Å². The average molecular weight is 287 g/mol. The molecule has 0 aliphatic rings. The first-order valence-electron chi connectivity index (χ1n) is 3.50. The first kappa shape index (κ1) is 9.92. The van der Waals surface area contributed by atoms with E-state index in [4.69, 9.17) is 5.26 Å². The lowest BCUT2D eigenvalue weighted by Crippen LogP contribution is -2.11. The van der Waals surface area contributed by atoms with E-state index < -0.39 is 0 Å². The number of halogens is 1. The van der Waals surface area contributed by atoms with Gasteiger partial charge in [-0.1, -0.05) is 0 Å². The molecule has 1 rings (SSSR count). The SMILES string of the molecule is N#CCC(=O)Nc1ccncc1I. The number of hydrogen-bond donors (Lipinski definition) is 1. The van der Waals surface area contributed by atoms with Crippen LogP contribution >= 0.6 is 22.6 Å². The summed E-state index contributed by atoms with van der Waals surface area (Å²) in [4.78, 5) is 14.9. The smallest absolute Gasteiger partial charge is 0.238 e. The molecule has 0 unspecified atom stereocenters. The molecule has 0 saturated carbocycles. The standard InChI is InChI=1S/C8H6IN3O/c9-6-5-11-4-2-7(6)12-8(13)1-3-10/h2,4-5H,1H2,(H,11,12,13). The fourth-order valence-electron chi connectivity index (χ4n) is 0.743. The molecular weight excluding hydrogens is 281 g/mol. The number of carbonyl (C=O) groups excluding carboxylic acids is 1. The molecule has 1 aromatic rings. The summed E-state index contributed by atoms with van der Waals surface area (Å²) < 4.78 is 0.853. The van der Waals surface area contributed by atoms with Crippen LogP contribution in [0.15, 0.2) is 18.5 Å². The molecule has 66 valence electrons. The Morgan fingerprint density at radius 3 is 3.15 bits per heavy atom. The van der Waals surface area contributed by atoms with Crippen LogP contribution in [0.25, 0.3) is 0 Å².